The Labute approximate surface area is 148 Å². The Morgan fingerprint density at radius 2 is 1.92 bits per heavy atom. The van der Waals surface area contributed by atoms with E-state index >= 15 is 0 Å². The van der Waals surface area contributed by atoms with Gasteiger partial charge in [0, 0.05) is 5.69 Å². The number of carboxylic acids is 1. The van der Waals surface area contributed by atoms with Gasteiger partial charge in [-0.2, -0.15) is 9.97 Å². The van der Waals surface area contributed by atoms with E-state index in [0.29, 0.717) is 29.9 Å². The molecule has 26 heavy (non-hydrogen) atoms. The number of anilines is 3. The smallest absolute Gasteiger partial charge is 0.335 e. The lowest BCUT2D eigenvalue weighted by Gasteiger charge is -2.22. The summed E-state index contributed by atoms with van der Waals surface area (Å²) in [6.45, 7) is 0.656. The van der Waals surface area contributed by atoms with Crippen LogP contribution in [0, 0.1) is 12.3 Å². The van der Waals surface area contributed by atoms with E-state index in [0.717, 1.165) is 5.69 Å². The molecule has 9 heteroatoms. The number of fused-ring (bicyclic) bond motifs is 1. The average Bonchev–Trinajstić information content (AvgIpc) is 2.62. The van der Waals surface area contributed by atoms with Crippen LogP contribution in [0.5, 0.6) is 0 Å². The van der Waals surface area contributed by atoms with Crippen LogP contribution in [0.15, 0.2) is 30.5 Å². The zero-order valence-corrected chi connectivity index (χ0v) is 13.6. The molecule has 0 radical (unpaired) electrons. The molecule has 0 aliphatic carbocycles. The maximum absolute atomic E-state index is 11.0. The van der Waals surface area contributed by atoms with Crippen LogP contribution in [-0.2, 0) is 6.54 Å². The van der Waals surface area contributed by atoms with Gasteiger partial charge in [-0.05, 0) is 24.3 Å². The quantitative estimate of drug-likeness (QED) is 0.572. The normalized spacial score (nSPS) is 10.4. The average molecular weight is 349 g/mol. The van der Waals surface area contributed by atoms with Crippen LogP contribution in [0.25, 0.3) is 11.2 Å². The van der Waals surface area contributed by atoms with E-state index < -0.39 is 5.97 Å². The number of rotatable bonds is 5. The number of hydrogen-bond acceptors (Lipinski definition) is 8. The van der Waals surface area contributed by atoms with Gasteiger partial charge in [-0.1, -0.05) is 5.92 Å². The fourth-order valence-electron chi connectivity index (χ4n) is 2.42. The summed E-state index contributed by atoms with van der Waals surface area (Å²) < 4.78 is 0. The van der Waals surface area contributed by atoms with Crippen molar-refractivity contribution in [1.29, 1.82) is 0 Å². The van der Waals surface area contributed by atoms with E-state index in [-0.39, 0.29) is 17.3 Å². The topological polar surface area (TPSA) is 144 Å². The fourth-order valence-corrected chi connectivity index (χ4v) is 2.42. The Morgan fingerprint density at radius 3 is 2.58 bits per heavy atom. The lowest BCUT2D eigenvalue weighted by Crippen LogP contribution is -2.23. The van der Waals surface area contributed by atoms with Gasteiger partial charge in [0.2, 0.25) is 5.95 Å². The van der Waals surface area contributed by atoms with E-state index in [1.165, 1.54) is 12.1 Å². The molecule has 2 aromatic heterocycles. The van der Waals surface area contributed by atoms with Crippen LogP contribution in [0.2, 0.25) is 0 Å². The number of carboxylic acid groups (broad SMARTS) is 1. The summed E-state index contributed by atoms with van der Waals surface area (Å²) in [6.07, 6.45) is 7.01. The van der Waals surface area contributed by atoms with Crippen molar-refractivity contribution in [2.45, 2.75) is 6.54 Å². The molecule has 0 bridgehead atoms. The number of aromatic nitrogens is 4. The second kappa shape index (κ2) is 6.90. The van der Waals surface area contributed by atoms with E-state index in [4.69, 9.17) is 23.0 Å². The molecule has 3 rings (SSSR count). The standard InChI is InChI=1S/C17H15N7O2/c1-2-7-24(12-5-3-10(4-6-12)16(25)26)9-11-8-20-15-13(21-11)14(18)22-17(19)23-15/h1,3-6,8H,7,9H2,(H,25,26)(H4,18,19,20,22,23). The van der Waals surface area contributed by atoms with Gasteiger partial charge in [-0.25, -0.2) is 14.8 Å². The highest BCUT2D eigenvalue weighted by atomic mass is 16.4. The molecule has 0 saturated heterocycles. The summed E-state index contributed by atoms with van der Waals surface area (Å²) in [7, 11) is 0. The zero-order chi connectivity index (χ0) is 18.7. The highest BCUT2D eigenvalue weighted by molar-refractivity contribution is 5.88. The second-order valence-corrected chi connectivity index (χ2v) is 5.41. The van der Waals surface area contributed by atoms with Crippen LogP contribution >= 0.6 is 0 Å². The summed E-state index contributed by atoms with van der Waals surface area (Å²) in [5.74, 6) is 1.77. The van der Waals surface area contributed by atoms with Gasteiger partial charge in [0.05, 0.1) is 30.5 Å². The molecular weight excluding hydrogens is 334 g/mol. The molecule has 5 N–H and O–H groups in total. The van der Waals surface area contributed by atoms with Gasteiger partial charge < -0.3 is 21.5 Å². The van der Waals surface area contributed by atoms with Crippen molar-refractivity contribution in [1.82, 2.24) is 19.9 Å². The lowest BCUT2D eigenvalue weighted by atomic mass is 10.2. The molecule has 0 atom stereocenters. The lowest BCUT2D eigenvalue weighted by molar-refractivity contribution is 0.0697. The first-order chi connectivity index (χ1) is 12.5. The Kier molecular flexibility index (Phi) is 4.49. The summed E-state index contributed by atoms with van der Waals surface area (Å²) >= 11 is 0. The molecule has 1 aromatic carbocycles. The third-order valence-corrected chi connectivity index (χ3v) is 3.62. The number of nitrogen functional groups attached to an aromatic ring is 2. The van der Waals surface area contributed by atoms with Gasteiger partial charge in [-0.3, -0.25) is 0 Å². The summed E-state index contributed by atoms with van der Waals surface area (Å²) in [4.78, 5) is 29.4. The Bertz CT molecular complexity index is 1010. The number of carbonyl (C=O) groups is 1. The van der Waals surface area contributed by atoms with E-state index in [1.54, 1.807) is 18.3 Å². The van der Waals surface area contributed by atoms with Gasteiger partial charge in [0.25, 0.3) is 0 Å². The second-order valence-electron chi connectivity index (χ2n) is 5.41. The highest BCUT2D eigenvalue weighted by Gasteiger charge is 2.12. The summed E-state index contributed by atoms with van der Waals surface area (Å²) in [5.41, 5.74) is 13.6. The first-order valence-corrected chi connectivity index (χ1v) is 7.54. The SMILES string of the molecule is C#CCN(Cc1cnc2nc(N)nc(N)c2n1)c1ccc(C(=O)O)cc1. The van der Waals surface area contributed by atoms with Crippen molar-refractivity contribution in [3.8, 4) is 12.3 Å². The number of benzene rings is 1. The first-order valence-electron chi connectivity index (χ1n) is 7.54. The molecular formula is C17H15N7O2. The van der Waals surface area contributed by atoms with E-state index in [2.05, 4.69) is 25.9 Å². The Balaban J connectivity index is 1.91. The van der Waals surface area contributed by atoms with Crippen LogP contribution in [0.4, 0.5) is 17.5 Å². The zero-order valence-electron chi connectivity index (χ0n) is 13.6. The van der Waals surface area contributed by atoms with Crippen molar-refractivity contribution in [2.24, 2.45) is 0 Å². The number of aromatic carboxylic acids is 1. The molecule has 0 aliphatic rings. The molecule has 0 aliphatic heterocycles. The first kappa shape index (κ1) is 16.9. The minimum atomic E-state index is -0.991. The van der Waals surface area contributed by atoms with Gasteiger partial charge in [0.15, 0.2) is 17.0 Å². The van der Waals surface area contributed by atoms with Crippen molar-refractivity contribution >= 4 is 34.6 Å². The minimum absolute atomic E-state index is 0.0320. The number of terminal acetylenes is 1. The van der Waals surface area contributed by atoms with E-state index in [1.807, 2.05) is 4.90 Å². The van der Waals surface area contributed by atoms with E-state index in [9.17, 15) is 4.79 Å². The van der Waals surface area contributed by atoms with Crippen LogP contribution in [0.1, 0.15) is 16.1 Å². The molecule has 0 saturated carbocycles. The van der Waals surface area contributed by atoms with Crippen molar-refractivity contribution < 1.29 is 9.90 Å². The van der Waals surface area contributed by atoms with Gasteiger partial charge in [-0.15, -0.1) is 6.42 Å². The number of nitrogens with two attached hydrogens (primary N) is 2. The molecule has 130 valence electrons. The maximum atomic E-state index is 11.0. The van der Waals surface area contributed by atoms with Crippen LogP contribution in [0.3, 0.4) is 0 Å². The number of hydrogen-bond donors (Lipinski definition) is 3. The fraction of sp³-hybridized carbons (Fsp3) is 0.118. The Morgan fingerprint density at radius 1 is 1.19 bits per heavy atom. The van der Waals surface area contributed by atoms with Crippen LogP contribution < -0.4 is 16.4 Å². The largest absolute Gasteiger partial charge is 0.478 e. The molecule has 0 spiro atoms. The highest BCUT2D eigenvalue weighted by Crippen LogP contribution is 2.19. The van der Waals surface area contributed by atoms with Crippen molar-refractivity contribution in [3.05, 3.63) is 41.7 Å². The third-order valence-electron chi connectivity index (χ3n) is 3.62. The molecule has 0 fully saturated rings. The molecule has 0 unspecified atom stereocenters. The number of nitrogens with zero attached hydrogens (tertiary/aromatic N) is 5. The molecule has 0 amide bonds. The Hall–Kier alpha value is -3.93. The molecule has 9 nitrogen and oxygen atoms in total. The van der Waals surface area contributed by atoms with Gasteiger partial charge in [0.1, 0.15) is 0 Å². The predicted molar refractivity (Wildman–Crippen MR) is 97.2 cm³/mol. The van der Waals surface area contributed by atoms with Gasteiger partial charge >= 0.3 is 5.97 Å². The minimum Gasteiger partial charge on any atom is -0.478 e. The molecule has 2 heterocycles. The summed E-state index contributed by atoms with van der Waals surface area (Å²) in [5, 5.41) is 9.00. The monoisotopic (exact) mass is 349 g/mol. The third kappa shape index (κ3) is 3.44. The summed E-state index contributed by atoms with van der Waals surface area (Å²) in [6, 6.07) is 6.41. The van der Waals surface area contributed by atoms with Crippen LogP contribution in [-0.4, -0.2) is 37.6 Å². The molecule has 3 aromatic rings. The van der Waals surface area contributed by atoms with Crippen molar-refractivity contribution in [3.63, 3.8) is 0 Å². The maximum Gasteiger partial charge on any atom is 0.335 e. The predicted octanol–water partition coefficient (Wildman–Crippen LogP) is 0.922. The van der Waals surface area contributed by atoms with Crippen molar-refractivity contribution in [2.75, 3.05) is 22.9 Å².